The molecule has 2 heterocycles. The van der Waals surface area contributed by atoms with E-state index in [0.29, 0.717) is 6.54 Å². The molecule has 1 aliphatic heterocycles. The maximum absolute atomic E-state index is 15.3. The highest BCUT2D eigenvalue weighted by Gasteiger charge is 2.54. The minimum Gasteiger partial charge on any atom is -0.477 e. The van der Waals surface area contributed by atoms with Gasteiger partial charge in [-0.1, -0.05) is 0 Å². The number of rotatable bonds is 4. The van der Waals surface area contributed by atoms with Crippen LogP contribution in [-0.4, -0.2) is 41.4 Å². The number of hydrogen-bond donors (Lipinski definition) is 2. The zero-order chi connectivity index (χ0) is 19.5. The summed E-state index contributed by atoms with van der Waals surface area (Å²) in [6, 6.07) is 0.634. The first-order valence-corrected chi connectivity index (χ1v) is 8.64. The second-order valence-corrected chi connectivity index (χ2v) is 7.33. The average Bonchev–Trinajstić information content (AvgIpc) is 3.30. The number of carboxylic acids is 1. The molecular weight excluding hydrogens is 363 g/mol. The van der Waals surface area contributed by atoms with Crippen molar-refractivity contribution in [3.63, 3.8) is 0 Å². The highest BCUT2D eigenvalue weighted by molar-refractivity contribution is 5.93. The quantitative estimate of drug-likeness (QED) is 0.844. The van der Waals surface area contributed by atoms with Gasteiger partial charge in [-0.25, -0.2) is 18.0 Å². The maximum atomic E-state index is 15.3. The first-order chi connectivity index (χ1) is 12.8. The molecule has 1 saturated carbocycles. The molecule has 9 heteroatoms. The Labute approximate surface area is 152 Å². The van der Waals surface area contributed by atoms with Crippen LogP contribution >= 0.6 is 0 Å². The number of aromatic nitrogens is 1. The number of hydrogen-bond acceptors (Lipinski definition) is 4. The van der Waals surface area contributed by atoms with Gasteiger partial charge in [0.15, 0.2) is 5.82 Å². The molecule has 2 aliphatic rings. The van der Waals surface area contributed by atoms with Gasteiger partial charge in [-0.15, -0.1) is 0 Å². The van der Waals surface area contributed by atoms with Gasteiger partial charge in [0.25, 0.3) is 0 Å². The number of aryl methyl sites for hydroxylation is 1. The molecule has 27 heavy (non-hydrogen) atoms. The lowest BCUT2D eigenvalue weighted by atomic mass is 10.0. The number of aromatic carboxylic acids is 1. The van der Waals surface area contributed by atoms with E-state index in [1.165, 1.54) is 4.90 Å². The lowest BCUT2D eigenvalue weighted by Crippen LogP contribution is -2.31. The third kappa shape index (κ3) is 2.60. The topological polar surface area (TPSA) is 88.6 Å². The van der Waals surface area contributed by atoms with Crippen LogP contribution in [0.2, 0.25) is 0 Å². The Morgan fingerprint density at radius 1 is 1.37 bits per heavy atom. The second kappa shape index (κ2) is 5.98. The maximum Gasteiger partial charge on any atom is 0.341 e. The highest BCUT2D eigenvalue weighted by atomic mass is 19.1. The molecule has 0 bridgehead atoms. The predicted molar refractivity (Wildman–Crippen MR) is 92.9 cm³/mol. The Morgan fingerprint density at radius 3 is 2.63 bits per heavy atom. The monoisotopic (exact) mass is 381 g/mol. The molecular formula is C18H18F3N3O3. The Balaban J connectivity index is 1.95. The number of nitrogens with zero attached hydrogens (tertiary/aromatic N) is 2. The van der Waals surface area contributed by atoms with Crippen molar-refractivity contribution < 1.29 is 23.1 Å². The van der Waals surface area contributed by atoms with Crippen LogP contribution in [0.5, 0.6) is 0 Å². The van der Waals surface area contributed by atoms with Crippen LogP contribution in [0, 0.1) is 17.0 Å². The first-order valence-electron chi connectivity index (χ1n) is 8.64. The molecule has 1 unspecified atom stereocenters. The summed E-state index contributed by atoms with van der Waals surface area (Å²) >= 11 is 0. The van der Waals surface area contributed by atoms with Crippen LogP contribution in [0.1, 0.15) is 23.2 Å². The molecule has 1 aromatic carbocycles. The van der Waals surface area contributed by atoms with Crippen LogP contribution < -0.4 is 16.1 Å². The summed E-state index contributed by atoms with van der Waals surface area (Å²) < 4.78 is 44.1. The van der Waals surface area contributed by atoms with E-state index < -0.39 is 40.7 Å². The Morgan fingerprint density at radius 2 is 2.07 bits per heavy atom. The fourth-order valence-corrected chi connectivity index (χ4v) is 4.04. The molecule has 0 radical (unpaired) electrons. The predicted octanol–water partition coefficient (Wildman–Crippen LogP) is 1.87. The van der Waals surface area contributed by atoms with E-state index in [1.807, 2.05) is 0 Å². The molecule has 1 saturated heterocycles. The summed E-state index contributed by atoms with van der Waals surface area (Å²) in [5.41, 5.74) is 3.71. The van der Waals surface area contributed by atoms with Crippen LogP contribution in [0.25, 0.3) is 10.9 Å². The minimum atomic E-state index is -1.54. The fraction of sp³-hybridized carbons (Fsp3) is 0.444. The van der Waals surface area contributed by atoms with Gasteiger partial charge in [-0.05, 0) is 18.9 Å². The average molecular weight is 381 g/mol. The van der Waals surface area contributed by atoms with E-state index in [0.717, 1.165) is 29.7 Å². The van der Waals surface area contributed by atoms with Crippen LogP contribution in [0.3, 0.4) is 0 Å². The Kier molecular flexibility index (Phi) is 3.95. The summed E-state index contributed by atoms with van der Waals surface area (Å²) in [6.45, 7) is -0.572. The zero-order valence-electron chi connectivity index (χ0n) is 14.3. The largest absolute Gasteiger partial charge is 0.477 e. The van der Waals surface area contributed by atoms with Gasteiger partial charge in [0, 0.05) is 30.7 Å². The molecule has 4 rings (SSSR count). The normalized spacial score (nSPS) is 20.6. The lowest BCUT2D eigenvalue weighted by Gasteiger charge is -2.22. The molecule has 1 aromatic heterocycles. The molecule has 1 spiro atoms. The van der Waals surface area contributed by atoms with Crippen molar-refractivity contribution in [2.75, 3.05) is 24.7 Å². The Hall–Kier alpha value is -2.55. The number of alkyl halides is 1. The lowest BCUT2D eigenvalue weighted by molar-refractivity contribution is 0.0694. The standard InChI is InChI=1S/C18H18F3N3O3/c19-3-4-23-6-10(17(26)27)16(25)9-5-11(20)15(13(21)14(9)23)24-7-12(22)18(8-24)1-2-18/h5-6,12H,1-4,7-8,22H2,(H,26,27). The van der Waals surface area contributed by atoms with Crippen LogP contribution in [-0.2, 0) is 6.54 Å². The zero-order valence-corrected chi connectivity index (χ0v) is 14.3. The molecule has 144 valence electrons. The third-order valence-corrected chi connectivity index (χ3v) is 5.70. The van der Waals surface area contributed by atoms with Crippen molar-refractivity contribution in [2.24, 2.45) is 11.1 Å². The van der Waals surface area contributed by atoms with Crippen molar-refractivity contribution in [3.8, 4) is 0 Å². The number of nitrogens with two attached hydrogens (primary N) is 1. The fourth-order valence-electron chi connectivity index (χ4n) is 4.04. The summed E-state index contributed by atoms with van der Waals surface area (Å²) in [5.74, 6) is -3.51. The second-order valence-electron chi connectivity index (χ2n) is 7.33. The minimum absolute atomic E-state index is 0.125. The van der Waals surface area contributed by atoms with Crippen molar-refractivity contribution >= 4 is 22.6 Å². The number of carbonyl (C=O) groups is 1. The molecule has 2 aromatic rings. The van der Waals surface area contributed by atoms with Gasteiger partial charge in [0.2, 0.25) is 5.43 Å². The van der Waals surface area contributed by atoms with Crippen molar-refractivity contribution in [1.82, 2.24) is 4.57 Å². The van der Waals surface area contributed by atoms with Crippen molar-refractivity contribution in [3.05, 3.63) is 39.7 Å². The van der Waals surface area contributed by atoms with Gasteiger partial charge in [-0.2, -0.15) is 0 Å². The summed E-state index contributed by atoms with van der Waals surface area (Å²) in [4.78, 5) is 25.2. The number of pyridine rings is 1. The van der Waals surface area contributed by atoms with Crippen LogP contribution in [0.15, 0.2) is 17.1 Å². The third-order valence-electron chi connectivity index (χ3n) is 5.70. The van der Waals surface area contributed by atoms with E-state index in [1.54, 1.807) is 0 Å². The van der Waals surface area contributed by atoms with E-state index in [2.05, 4.69) is 0 Å². The van der Waals surface area contributed by atoms with E-state index >= 15 is 4.39 Å². The number of benzene rings is 1. The van der Waals surface area contributed by atoms with Crippen molar-refractivity contribution in [2.45, 2.75) is 25.4 Å². The number of fused-ring (bicyclic) bond motifs is 1. The van der Waals surface area contributed by atoms with E-state index in [-0.39, 0.29) is 35.8 Å². The van der Waals surface area contributed by atoms with Gasteiger partial charge in [-0.3, -0.25) is 4.79 Å². The smallest absolute Gasteiger partial charge is 0.341 e. The Bertz CT molecular complexity index is 1020. The van der Waals surface area contributed by atoms with Crippen LogP contribution in [0.4, 0.5) is 18.9 Å². The molecule has 3 N–H and O–H groups in total. The summed E-state index contributed by atoms with van der Waals surface area (Å²) in [6.07, 6.45) is 2.70. The number of halogens is 3. The molecule has 1 aliphatic carbocycles. The van der Waals surface area contributed by atoms with Gasteiger partial charge < -0.3 is 20.3 Å². The van der Waals surface area contributed by atoms with E-state index in [4.69, 9.17) is 10.8 Å². The molecule has 2 fully saturated rings. The molecule has 1 atom stereocenters. The SMILES string of the molecule is NC1CN(c2c(F)cc3c(=O)c(C(=O)O)cn(CCF)c3c2F)CC12CC2. The summed E-state index contributed by atoms with van der Waals surface area (Å²) in [5, 5.41) is 8.74. The van der Waals surface area contributed by atoms with Crippen molar-refractivity contribution in [1.29, 1.82) is 0 Å². The van der Waals surface area contributed by atoms with Gasteiger partial charge in [0.1, 0.15) is 23.7 Å². The first kappa shape index (κ1) is 17.8. The number of anilines is 1. The molecule has 6 nitrogen and oxygen atoms in total. The molecule has 0 amide bonds. The van der Waals surface area contributed by atoms with E-state index in [9.17, 15) is 18.4 Å². The van der Waals surface area contributed by atoms with Gasteiger partial charge >= 0.3 is 5.97 Å². The highest BCUT2D eigenvalue weighted by Crippen LogP contribution is 2.53. The summed E-state index contributed by atoms with van der Waals surface area (Å²) in [7, 11) is 0. The van der Waals surface area contributed by atoms with Gasteiger partial charge in [0.05, 0.1) is 17.4 Å². The number of carboxylic acid groups (broad SMARTS) is 1.